The summed E-state index contributed by atoms with van der Waals surface area (Å²) in [6.07, 6.45) is 7.79. The highest BCUT2D eigenvalue weighted by Crippen LogP contribution is 2.38. The number of amidine groups is 1. The number of hydrazone groups is 1. The zero-order valence-electron chi connectivity index (χ0n) is 13.4. The number of rotatable bonds is 3. The number of nitrogens with zero attached hydrogens (tertiary/aromatic N) is 3. The second-order valence-corrected chi connectivity index (χ2v) is 7.68. The molecule has 2 fully saturated rings. The highest BCUT2D eigenvalue weighted by atomic mass is 32.2. The Kier molecular flexibility index (Phi) is 3.76. The normalized spacial score (nSPS) is 24.6. The SMILES string of the molecule is Cc1cc(C2=NNC(=NC3CCCC3)SC2)c(C)n1C1CC1. The van der Waals surface area contributed by atoms with Crippen LogP contribution in [0.2, 0.25) is 0 Å². The molecule has 1 N–H and O–H groups in total. The highest BCUT2D eigenvalue weighted by Gasteiger charge is 2.28. The van der Waals surface area contributed by atoms with Gasteiger partial charge in [0, 0.05) is 28.7 Å². The van der Waals surface area contributed by atoms with Crippen LogP contribution in [-0.4, -0.2) is 27.2 Å². The van der Waals surface area contributed by atoms with Gasteiger partial charge in [0.05, 0.1) is 11.8 Å². The molecule has 1 aromatic heterocycles. The Labute approximate surface area is 136 Å². The summed E-state index contributed by atoms with van der Waals surface area (Å²) in [4.78, 5) is 4.80. The van der Waals surface area contributed by atoms with Crippen molar-refractivity contribution in [2.75, 3.05) is 5.75 Å². The van der Waals surface area contributed by atoms with Crippen molar-refractivity contribution in [1.29, 1.82) is 0 Å². The summed E-state index contributed by atoms with van der Waals surface area (Å²) in [6.45, 7) is 4.45. The van der Waals surface area contributed by atoms with Gasteiger partial charge in [-0.05, 0) is 45.6 Å². The van der Waals surface area contributed by atoms with E-state index in [9.17, 15) is 0 Å². The van der Waals surface area contributed by atoms with Gasteiger partial charge in [0.25, 0.3) is 0 Å². The molecule has 2 saturated carbocycles. The standard InChI is InChI=1S/C17H24N4S/c1-11-9-15(12(2)21(11)14-7-8-14)16-10-22-17(20-19-16)18-13-5-3-4-6-13/h9,13-14H,3-8,10H2,1-2H3,(H,18,20). The Morgan fingerprint density at radius 3 is 2.64 bits per heavy atom. The molecule has 1 aliphatic heterocycles. The van der Waals surface area contributed by atoms with Crippen LogP contribution in [0.15, 0.2) is 16.2 Å². The molecule has 0 spiro atoms. The van der Waals surface area contributed by atoms with Crippen molar-refractivity contribution in [3.05, 3.63) is 23.0 Å². The summed E-state index contributed by atoms with van der Waals surface area (Å²) in [5.41, 5.74) is 8.40. The Morgan fingerprint density at radius 2 is 2.00 bits per heavy atom. The van der Waals surface area contributed by atoms with Crippen molar-refractivity contribution in [2.24, 2.45) is 10.1 Å². The fourth-order valence-corrected chi connectivity index (χ4v) is 4.51. The Bertz CT molecular complexity index is 633. The molecule has 0 aromatic carbocycles. The van der Waals surface area contributed by atoms with E-state index in [2.05, 4.69) is 35.0 Å². The lowest BCUT2D eigenvalue weighted by molar-refractivity contribution is 0.698. The van der Waals surface area contributed by atoms with Gasteiger partial charge in [0.2, 0.25) is 0 Å². The third kappa shape index (κ3) is 2.71. The van der Waals surface area contributed by atoms with E-state index in [1.165, 1.54) is 55.5 Å². The van der Waals surface area contributed by atoms with E-state index in [1.54, 1.807) is 11.8 Å². The number of aliphatic imine (C=N–C) groups is 1. The van der Waals surface area contributed by atoms with Gasteiger partial charge in [0.1, 0.15) is 0 Å². The topological polar surface area (TPSA) is 41.7 Å². The van der Waals surface area contributed by atoms with Crippen LogP contribution in [0.25, 0.3) is 0 Å². The minimum absolute atomic E-state index is 0.520. The molecule has 1 aromatic rings. The minimum atomic E-state index is 0.520. The lowest BCUT2D eigenvalue weighted by Crippen LogP contribution is -2.26. The number of thioether (sulfide) groups is 1. The van der Waals surface area contributed by atoms with E-state index >= 15 is 0 Å². The first-order chi connectivity index (χ1) is 10.7. The molecule has 118 valence electrons. The summed E-state index contributed by atoms with van der Waals surface area (Å²) in [6, 6.07) is 3.55. The minimum Gasteiger partial charge on any atom is -0.345 e. The number of hydrogen-bond donors (Lipinski definition) is 1. The maximum Gasteiger partial charge on any atom is 0.177 e. The summed E-state index contributed by atoms with van der Waals surface area (Å²) in [5.74, 6) is 0.924. The molecule has 4 rings (SSSR count). The van der Waals surface area contributed by atoms with E-state index in [-0.39, 0.29) is 0 Å². The maximum absolute atomic E-state index is 4.80. The molecule has 22 heavy (non-hydrogen) atoms. The van der Waals surface area contributed by atoms with Crippen LogP contribution in [0.1, 0.15) is 61.5 Å². The predicted molar refractivity (Wildman–Crippen MR) is 94.0 cm³/mol. The second kappa shape index (κ2) is 5.76. The molecular formula is C17H24N4S. The highest BCUT2D eigenvalue weighted by molar-refractivity contribution is 8.14. The number of aromatic nitrogens is 1. The van der Waals surface area contributed by atoms with Crippen molar-refractivity contribution in [2.45, 2.75) is 64.5 Å². The molecule has 2 aliphatic carbocycles. The van der Waals surface area contributed by atoms with Gasteiger partial charge in [-0.15, -0.1) is 0 Å². The van der Waals surface area contributed by atoms with Crippen LogP contribution < -0.4 is 5.43 Å². The zero-order valence-corrected chi connectivity index (χ0v) is 14.2. The van der Waals surface area contributed by atoms with Crippen LogP contribution in [0.3, 0.4) is 0 Å². The average molecular weight is 316 g/mol. The van der Waals surface area contributed by atoms with E-state index < -0.39 is 0 Å². The number of hydrogen-bond acceptors (Lipinski definition) is 3. The van der Waals surface area contributed by atoms with Crippen molar-refractivity contribution >= 4 is 22.6 Å². The lowest BCUT2D eigenvalue weighted by Gasteiger charge is -2.16. The van der Waals surface area contributed by atoms with Gasteiger partial charge in [-0.2, -0.15) is 5.10 Å². The Balaban J connectivity index is 1.52. The molecule has 0 saturated heterocycles. The van der Waals surface area contributed by atoms with Crippen molar-refractivity contribution in [3.63, 3.8) is 0 Å². The van der Waals surface area contributed by atoms with Crippen LogP contribution in [0.4, 0.5) is 0 Å². The molecule has 4 nitrogen and oxygen atoms in total. The predicted octanol–water partition coefficient (Wildman–Crippen LogP) is 3.78. The molecule has 2 heterocycles. The molecular weight excluding hydrogens is 292 g/mol. The maximum atomic E-state index is 4.80. The second-order valence-electron chi connectivity index (χ2n) is 6.72. The van der Waals surface area contributed by atoms with Crippen molar-refractivity contribution < 1.29 is 0 Å². The summed E-state index contributed by atoms with van der Waals surface area (Å²) < 4.78 is 2.49. The molecule has 5 heteroatoms. The molecule has 0 atom stereocenters. The third-order valence-electron chi connectivity index (χ3n) is 4.96. The van der Waals surface area contributed by atoms with E-state index in [4.69, 9.17) is 4.99 Å². The van der Waals surface area contributed by atoms with Crippen LogP contribution in [-0.2, 0) is 0 Å². The van der Waals surface area contributed by atoms with E-state index in [0.29, 0.717) is 6.04 Å². The van der Waals surface area contributed by atoms with Crippen LogP contribution in [0.5, 0.6) is 0 Å². The third-order valence-corrected chi connectivity index (χ3v) is 5.85. The van der Waals surface area contributed by atoms with Crippen LogP contribution >= 0.6 is 11.8 Å². The smallest absolute Gasteiger partial charge is 0.177 e. The molecule has 0 unspecified atom stereocenters. The monoisotopic (exact) mass is 316 g/mol. The molecule has 3 aliphatic rings. The van der Waals surface area contributed by atoms with Crippen LogP contribution in [0, 0.1) is 13.8 Å². The molecule has 0 radical (unpaired) electrons. The summed E-state index contributed by atoms with van der Waals surface area (Å²) in [5, 5.41) is 5.63. The fraction of sp³-hybridized carbons (Fsp3) is 0.647. The molecule has 0 amide bonds. The summed E-state index contributed by atoms with van der Waals surface area (Å²) in [7, 11) is 0. The van der Waals surface area contributed by atoms with Crippen molar-refractivity contribution in [3.8, 4) is 0 Å². The van der Waals surface area contributed by atoms with E-state index in [1.807, 2.05) is 0 Å². The first-order valence-electron chi connectivity index (χ1n) is 8.44. The lowest BCUT2D eigenvalue weighted by atomic mass is 10.1. The van der Waals surface area contributed by atoms with Gasteiger partial charge >= 0.3 is 0 Å². The average Bonchev–Trinajstić information content (AvgIpc) is 3.12. The van der Waals surface area contributed by atoms with Crippen molar-refractivity contribution in [1.82, 2.24) is 9.99 Å². The summed E-state index contributed by atoms with van der Waals surface area (Å²) >= 11 is 1.80. The van der Waals surface area contributed by atoms with Gasteiger partial charge in [-0.25, -0.2) is 0 Å². The number of aryl methyl sites for hydroxylation is 1. The van der Waals surface area contributed by atoms with Gasteiger partial charge < -0.3 is 4.57 Å². The first kappa shape index (κ1) is 14.4. The quantitative estimate of drug-likeness (QED) is 0.922. The first-order valence-corrected chi connectivity index (χ1v) is 9.43. The largest absolute Gasteiger partial charge is 0.345 e. The zero-order chi connectivity index (χ0) is 15.1. The molecule has 0 bridgehead atoms. The number of nitrogens with one attached hydrogen (secondary N) is 1. The fourth-order valence-electron chi connectivity index (χ4n) is 3.68. The van der Waals surface area contributed by atoms with Gasteiger partial charge in [-0.1, -0.05) is 24.6 Å². The van der Waals surface area contributed by atoms with E-state index in [0.717, 1.165) is 22.7 Å². The Hall–Kier alpha value is -1.23. The van der Waals surface area contributed by atoms with Gasteiger partial charge in [0.15, 0.2) is 5.17 Å². The Morgan fingerprint density at radius 1 is 1.23 bits per heavy atom. The van der Waals surface area contributed by atoms with Gasteiger partial charge in [-0.3, -0.25) is 10.4 Å².